The van der Waals surface area contributed by atoms with Gasteiger partial charge in [-0.25, -0.2) is 0 Å². The summed E-state index contributed by atoms with van der Waals surface area (Å²) in [6.45, 7) is 1.85. The number of benzene rings is 2. The van der Waals surface area contributed by atoms with Crippen molar-refractivity contribution in [2.75, 3.05) is 0 Å². The van der Waals surface area contributed by atoms with E-state index in [-0.39, 0.29) is 24.8 Å². The second-order valence-corrected chi connectivity index (χ2v) is 6.50. The fraction of sp³-hybridized carbons (Fsp3) is 0.211. The van der Waals surface area contributed by atoms with Crippen LogP contribution in [0.15, 0.2) is 60.7 Å². The molecule has 1 aliphatic rings. The molecule has 1 atom stereocenters. The van der Waals surface area contributed by atoms with Crippen molar-refractivity contribution in [1.82, 2.24) is 25.1 Å². The van der Waals surface area contributed by atoms with Gasteiger partial charge in [0, 0.05) is 6.42 Å². The Kier molecular flexibility index (Phi) is 3.84. The Labute approximate surface area is 150 Å². The van der Waals surface area contributed by atoms with Crippen LogP contribution in [0.5, 0.6) is 0 Å². The van der Waals surface area contributed by atoms with E-state index in [0.29, 0.717) is 5.82 Å². The van der Waals surface area contributed by atoms with Gasteiger partial charge in [0.2, 0.25) is 11.8 Å². The normalized spacial score (nSPS) is 20.0. The van der Waals surface area contributed by atoms with Crippen molar-refractivity contribution in [1.29, 1.82) is 0 Å². The topological polar surface area (TPSA) is 81.0 Å². The Morgan fingerprint density at radius 2 is 1.65 bits per heavy atom. The molecule has 0 radical (unpaired) electrons. The summed E-state index contributed by atoms with van der Waals surface area (Å²) in [4.78, 5) is 26.9. The first kappa shape index (κ1) is 16.1. The molecule has 3 aromatic rings. The predicted octanol–water partition coefficient (Wildman–Crippen LogP) is 1.88. The second kappa shape index (κ2) is 6.18. The standard InChI is InChI=1S/C19H17N5O2/c1-19(14-8-4-2-5-9-14)12-17(25)23(18(19)26)13-16-20-21-22-24(16)15-10-6-3-7-11-15/h2-11H,12-13H2,1H3/t19-/m0/s1. The van der Waals surface area contributed by atoms with E-state index in [2.05, 4.69) is 15.5 Å². The van der Waals surface area contributed by atoms with Gasteiger partial charge in [-0.15, -0.1) is 5.10 Å². The summed E-state index contributed by atoms with van der Waals surface area (Å²) in [6.07, 6.45) is 0.142. The van der Waals surface area contributed by atoms with Crippen molar-refractivity contribution < 1.29 is 9.59 Å². The maximum atomic E-state index is 13.0. The first-order valence-electron chi connectivity index (χ1n) is 8.32. The summed E-state index contributed by atoms with van der Waals surface area (Å²) < 4.78 is 1.54. The Morgan fingerprint density at radius 3 is 2.35 bits per heavy atom. The molecule has 0 spiro atoms. The summed E-state index contributed by atoms with van der Waals surface area (Å²) in [6, 6.07) is 18.8. The molecule has 1 fully saturated rings. The van der Waals surface area contributed by atoms with E-state index in [4.69, 9.17) is 0 Å². The van der Waals surface area contributed by atoms with Gasteiger partial charge < -0.3 is 0 Å². The summed E-state index contributed by atoms with van der Waals surface area (Å²) in [5.41, 5.74) is 0.754. The lowest BCUT2D eigenvalue weighted by molar-refractivity contribution is -0.140. The number of rotatable bonds is 4. The number of nitrogens with zero attached hydrogens (tertiary/aromatic N) is 5. The molecule has 130 valence electrons. The maximum absolute atomic E-state index is 13.0. The van der Waals surface area contributed by atoms with E-state index in [1.807, 2.05) is 67.6 Å². The highest BCUT2D eigenvalue weighted by Crippen LogP contribution is 2.36. The van der Waals surface area contributed by atoms with E-state index >= 15 is 0 Å². The third-order valence-corrected chi connectivity index (χ3v) is 4.77. The van der Waals surface area contributed by atoms with Crippen LogP contribution in [0.4, 0.5) is 0 Å². The number of hydrogen-bond acceptors (Lipinski definition) is 5. The van der Waals surface area contributed by atoms with E-state index in [1.54, 1.807) is 4.68 Å². The molecule has 2 amide bonds. The number of aromatic nitrogens is 4. The van der Waals surface area contributed by atoms with Crippen LogP contribution >= 0.6 is 0 Å². The molecular formula is C19H17N5O2. The highest BCUT2D eigenvalue weighted by molar-refractivity contribution is 6.08. The molecule has 0 bridgehead atoms. The van der Waals surface area contributed by atoms with Gasteiger partial charge in [0.25, 0.3) is 0 Å². The molecule has 7 nitrogen and oxygen atoms in total. The van der Waals surface area contributed by atoms with Crippen LogP contribution < -0.4 is 0 Å². The maximum Gasteiger partial charge on any atom is 0.240 e. The zero-order chi connectivity index (χ0) is 18.1. The molecule has 26 heavy (non-hydrogen) atoms. The molecule has 1 aliphatic heterocycles. The van der Waals surface area contributed by atoms with Crippen molar-refractivity contribution in [2.24, 2.45) is 0 Å². The smallest absolute Gasteiger partial charge is 0.240 e. The van der Waals surface area contributed by atoms with Crippen LogP contribution in [0.3, 0.4) is 0 Å². The Balaban J connectivity index is 1.64. The van der Waals surface area contributed by atoms with Crippen molar-refractivity contribution in [3.8, 4) is 5.69 Å². The molecule has 0 unspecified atom stereocenters. The van der Waals surface area contributed by atoms with Gasteiger partial charge in [-0.05, 0) is 35.0 Å². The molecule has 1 aromatic heterocycles. The minimum absolute atomic E-state index is 0.0436. The third-order valence-electron chi connectivity index (χ3n) is 4.77. The van der Waals surface area contributed by atoms with Crippen molar-refractivity contribution >= 4 is 11.8 Å². The van der Waals surface area contributed by atoms with Crippen LogP contribution in [0.2, 0.25) is 0 Å². The lowest BCUT2D eigenvalue weighted by atomic mass is 9.81. The van der Waals surface area contributed by atoms with E-state index in [1.165, 1.54) is 4.90 Å². The number of carbonyl (C=O) groups excluding carboxylic acids is 2. The van der Waals surface area contributed by atoms with Crippen LogP contribution in [0.1, 0.15) is 24.7 Å². The molecule has 1 saturated heterocycles. The molecule has 0 saturated carbocycles. The number of hydrogen-bond donors (Lipinski definition) is 0. The first-order valence-corrected chi connectivity index (χ1v) is 8.32. The predicted molar refractivity (Wildman–Crippen MR) is 93.1 cm³/mol. The molecule has 0 aliphatic carbocycles. The third kappa shape index (κ3) is 2.57. The monoisotopic (exact) mass is 347 g/mol. The highest BCUT2D eigenvalue weighted by Gasteiger charge is 2.49. The molecular weight excluding hydrogens is 330 g/mol. The van der Waals surface area contributed by atoms with E-state index in [9.17, 15) is 9.59 Å². The van der Waals surface area contributed by atoms with Crippen molar-refractivity contribution in [3.05, 3.63) is 72.1 Å². The van der Waals surface area contributed by atoms with Crippen molar-refractivity contribution in [2.45, 2.75) is 25.3 Å². The molecule has 2 aromatic carbocycles. The highest BCUT2D eigenvalue weighted by atomic mass is 16.2. The van der Waals surface area contributed by atoms with Gasteiger partial charge in [-0.3, -0.25) is 14.5 Å². The second-order valence-electron chi connectivity index (χ2n) is 6.50. The number of amides is 2. The lowest BCUT2D eigenvalue weighted by Gasteiger charge is -2.22. The number of likely N-dealkylation sites (tertiary alicyclic amines) is 1. The van der Waals surface area contributed by atoms with Crippen LogP contribution in [-0.4, -0.2) is 36.9 Å². The van der Waals surface area contributed by atoms with Crippen LogP contribution in [0, 0.1) is 0 Å². The zero-order valence-corrected chi connectivity index (χ0v) is 14.2. The quantitative estimate of drug-likeness (QED) is 0.673. The summed E-state index contributed by atoms with van der Waals surface area (Å²) in [5, 5.41) is 11.7. The summed E-state index contributed by atoms with van der Waals surface area (Å²) in [7, 11) is 0. The minimum atomic E-state index is -0.858. The average Bonchev–Trinajstić information content (AvgIpc) is 3.22. The molecule has 7 heteroatoms. The van der Waals surface area contributed by atoms with Gasteiger partial charge in [-0.1, -0.05) is 48.5 Å². The summed E-state index contributed by atoms with van der Waals surface area (Å²) in [5.74, 6) is -0.00418. The zero-order valence-electron chi connectivity index (χ0n) is 14.2. The minimum Gasteiger partial charge on any atom is -0.274 e. The number of carbonyl (C=O) groups is 2. The van der Waals surface area contributed by atoms with Gasteiger partial charge in [0.1, 0.15) is 0 Å². The van der Waals surface area contributed by atoms with Gasteiger partial charge in [0.15, 0.2) is 5.82 Å². The van der Waals surface area contributed by atoms with E-state index < -0.39 is 5.41 Å². The Bertz CT molecular complexity index is 954. The largest absolute Gasteiger partial charge is 0.274 e. The molecule has 2 heterocycles. The van der Waals surface area contributed by atoms with Crippen LogP contribution in [0.25, 0.3) is 5.69 Å². The average molecular weight is 347 g/mol. The first-order chi connectivity index (χ1) is 12.6. The van der Waals surface area contributed by atoms with Gasteiger partial charge in [-0.2, -0.15) is 4.68 Å². The molecule has 4 rings (SSSR count). The van der Waals surface area contributed by atoms with E-state index in [0.717, 1.165) is 11.3 Å². The fourth-order valence-corrected chi connectivity index (χ4v) is 3.29. The molecule has 0 N–H and O–H groups in total. The number of tetrazole rings is 1. The SMILES string of the molecule is C[C@@]1(c2ccccc2)CC(=O)N(Cc2nnnn2-c2ccccc2)C1=O. The number of imide groups is 1. The lowest BCUT2D eigenvalue weighted by Crippen LogP contribution is -2.36. The van der Waals surface area contributed by atoms with Gasteiger partial charge >= 0.3 is 0 Å². The Morgan fingerprint density at radius 1 is 1.00 bits per heavy atom. The fourth-order valence-electron chi connectivity index (χ4n) is 3.29. The van der Waals surface area contributed by atoms with Crippen molar-refractivity contribution in [3.63, 3.8) is 0 Å². The number of para-hydroxylation sites is 1. The van der Waals surface area contributed by atoms with Gasteiger partial charge in [0.05, 0.1) is 17.6 Å². The Hall–Kier alpha value is -3.35. The van der Waals surface area contributed by atoms with Crippen LogP contribution in [-0.2, 0) is 21.5 Å². The summed E-state index contributed by atoms with van der Waals surface area (Å²) >= 11 is 0.